The highest BCUT2D eigenvalue weighted by molar-refractivity contribution is 5.91. The van der Waals surface area contributed by atoms with Crippen LogP contribution in [0, 0.1) is 22.2 Å². The molecule has 0 spiro atoms. The molecule has 2 aromatic rings. The van der Waals surface area contributed by atoms with Crippen molar-refractivity contribution in [3.8, 4) is 0 Å². The van der Waals surface area contributed by atoms with E-state index in [0.717, 1.165) is 25.7 Å². The molecule has 0 radical (unpaired) electrons. The maximum atomic E-state index is 12.9. The molecule has 0 unspecified atom stereocenters. The van der Waals surface area contributed by atoms with E-state index >= 15 is 0 Å². The highest BCUT2D eigenvalue weighted by Crippen LogP contribution is 2.62. The monoisotopic (exact) mass is 369 g/mol. The van der Waals surface area contributed by atoms with Gasteiger partial charge < -0.3 is 15.1 Å². The van der Waals surface area contributed by atoms with E-state index in [9.17, 15) is 9.90 Å². The lowest BCUT2D eigenvalue weighted by molar-refractivity contribution is 0.281. The van der Waals surface area contributed by atoms with Gasteiger partial charge in [0.05, 0.1) is 18.7 Å². The third kappa shape index (κ3) is 3.04. The first kappa shape index (κ1) is 18.1. The Hall–Kier alpha value is -2.28. The Morgan fingerprint density at radius 1 is 1.37 bits per heavy atom. The molecule has 2 aliphatic carbocycles. The van der Waals surface area contributed by atoms with Crippen molar-refractivity contribution in [3.05, 3.63) is 33.7 Å². The van der Waals surface area contributed by atoms with Gasteiger partial charge in [-0.1, -0.05) is 13.3 Å². The fourth-order valence-corrected chi connectivity index (χ4v) is 4.17. The number of nitrogens with one attached hydrogen (secondary N) is 2. The zero-order valence-corrected chi connectivity index (χ0v) is 15.8. The molecule has 7 nitrogen and oxygen atoms in total. The third-order valence-electron chi connectivity index (χ3n) is 6.15. The van der Waals surface area contributed by atoms with E-state index in [1.807, 2.05) is 0 Å². The van der Waals surface area contributed by atoms with Gasteiger partial charge >= 0.3 is 0 Å². The largest absolute Gasteiger partial charge is 0.392 e. The average Bonchev–Trinajstić information content (AvgIpc) is 3.56. The Morgan fingerprint density at radius 3 is 2.70 bits per heavy atom. The molecule has 0 bridgehead atoms. The number of hydrogen-bond donors (Lipinski definition) is 3. The fraction of sp³-hybridized carbons (Fsp3) is 0.600. The molecule has 4 rings (SSSR count). The standard InChI is InChI=1S/C20H27N5O2/c1-2-3-8-24-15-9-13(12-26)10-23-18(15)25(17(22)19(24)27)11-16(21)20(6-7-20)14-4-5-14/h9-10,14,21-22,26H,2-8,11-12H2,1H3. The van der Waals surface area contributed by atoms with Crippen molar-refractivity contribution >= 4 is 16.9 Å². The minimum Gasteiger partial charge on any atom is -0.392 e. The van der Waals surface area contributed by atoms with E-state index < -0.39 is 0 Å². The van der Waals surface area contributed by atoms with Gasteiger partial charge in [0.2, 0.25) is 0 Å². The van der Waals surface area contributed by atoms with Gasteiger partial charge in [0.15, 0.2) is 11.1 Å². The zero-order chi connectivity index (χ0) is 19.2. The molecule has 0 atom stereocenters. The van der Waals surface area contributed by atoms with Crippen LogP contribution in [0.4, 0.5) is 0 Å². The molecule has 2 aromatic heterocycles. The summed E-state index contributed by atoms with van der Waals surface area (Å²) in [7, 11) is 0. The summed E-state index contributed by atoms with van der Waals surface area (Å²) in [5, 5.41) is 26.6. The second kappa shape index (κ2) is 6.71. The molecule has 0 saturated heterocycles. The Balaban J connectivity index is 1.82. The van der Waals surface area contributed by atoms with E-state index in [4.69, 9.17) is 10.8 Å². The highest BCUT2D eigenvalue weighted by atomic mass is 16.3. The van der Waals surface area contributed by atoms with Crippen molar-refractivity contribution in [2.45, 2.75) is 65.1 Å². The van der Waals surface area contributed by atoms with Gasteiger partial charge in [-0.25, -0.2) is 4.98 Å². The van der Waals surface area contributed by atoms with Gasteiger partial charge in [-0.05, 0) is 49.7 Å². The van der Waals surface area contributed by atoms with Gasteiger partial charge in [-0.3, -0.25) is 14.8 Å². The maximum Gasteiger partial charge on any atom is 0.293 e. The van der Waals surface area contributed by atoms with Crippen LogP contribution in [0.3, 0.4) is 0 Å². The predicted molar refractivity (Wildman–Crippen MR) is 103 cm³/mol. The number of aryl methyl sites for hydroxylation is 1. The first-order valence-electron chi connectivity index (χ1n) is 9.87. The maximum absolute atomic E-state index is 12.9. The van der Waals surface area contributed by atoms with E-state index in [-0.39, 0.29) is 29.6 Å². The van der Waals surface area contributed by atoms with Crippen LogP contribution in [0.5, 0.6) is 0 Å². The minimum absolute atomic E-state index is 0.00781. The van der Waals surface area contributed by atoms with Crippen molar-refractivity contribution in [2.75, 3.05) is 0 Å². The lowest BCUT2D eigenvalue weighted by Gasteiger charge is -2.20. The summed E-state index contributed by atoms with van der Waals surface area (Å²) >= 11 is 0. The van der Waals surface area contributed by atoms with Crippen molar-refractivity contribution in [1.29, 1.82) is 10.8 Å². The zero-order valence-electron chi connectivity index (χ0n) is 15.8. The van der Waals surface area contributed by atoms with Crippen molar-refractivity contribution in [2.24, 2.45) is 11.3 Å². The van der Waals surface area contributed by atoms with Crippen LogP contribution >= 0.6 is 0 Å². The first-order chi connectivity index (χ1) is 13.0. The van der Waals surface area contributed by atoms with Crippen LogP contribution in [0.1, 0.15) is 51.0 Å². The molecular formula is C20H27N5O2. The molecular weight excluding hydrogens is 342 g/mol. The lowest BCUT2D eigenvalue weighted by Crippen LogP contribution is -2.43. The van der Waals surface area contributed by atoms with Crippen molar-refractivity contribution < 1.29 is 5.11 Å². The van der Waals surface area contributed by atoms with Crippen LogP contribution in [-0.4, -0.2) is 24.9 Å². The van der Waals surface area contributed by atoms with E-state index in [2.05, 4.69) is 11.9 Å². The highest BCUT2D eigenvalue weighted by Gasteiger charge is 2.56. The van der Waals surface area contributed by atoms with E-state index in [1.54, 1.807) is 21.4 Å². The number of pyridine rings is 1. The summed E-state index contributed by atoms with van der Waals surface area (Å²) < 4.78 is 3.19. The van der Waals surface area contributed by atoms with Crippen LogP contribution < -0.4 is 11.0 Å². The average molecular weight is 369 g/mol. The number of nitrogens with zero attached hydrogens (tertiary/aromatic N) is 3. The van der Waals surface area contributed by atoms with Crippen molar-refractivity contribution in [3.63, 3.8) is 0 Å². The molecule has 27 heavy (non-hydrogen) atoms. The number of aromatic nitrogens is 3. The van der Waals surface area contributed by atoms with Gasteiger partial charge in [-0.2, -0.15) is 0 Å². The molecule has 144 valence electrons. The lowest BCUT2D eigenvalue weighted by atomic mass is 9.94. The summed E-state index contributed by atoms with van der Waals surface area (Å²) in [5.74, 6) is 0.616. The van der Waals surface area contributed by atoms with E-state index in [1.165, 1.54) is 12.8 Å². The number of rotatable bonds is 8. The van der Waals surface area contributed by atoms with Crippen LogP contribution in [-0.2, 0) is 19.7 Å². The number of hydrogen-bond acceptors (Lipinski definition) is 5. The molecule has 0 aliphatic heterocycles. The van der Waals surface area contributed by atoms with Gasteiger partial charge in [-0.15, -0.1) is 0 Å². The molecule has 7 heteroatoms. The van der Waals surface area contributed by atoms with Crippen molar-refractivity contribution in [1.82, 2.24) is 14.1 Å². The summed E-state index contributed by atoms with van der Waals surface area (Å²) in [6.45, 7) is 2.69. The molecule has 2 fully saturated rings. The van der Waals surface area contributed by atoms with Gasteiger partial charge in [0.25, 0.3) is 5.56 Å². The molecule has 2 aliphatic rings. The number of fused-ring (bicyclic) bond motifs is 1. The molecule has 2 saturated carbocycles. The quantitative estimate of drug-likeness (QED) is 0.621. The molecule has 2 heterocycles. The topological polar surface area (TPSA) is 108 Å². The van der Waals surface area contributed by atoms with Crippen LogP contribution in [0.2, 0.25) is 0 Å². The Kier molecular flexibility index (Phi) is 4.50. The van der Waals surface area contributed by atoms with Gasteiger partial charge in [0, 0.05) is 23.9 Å². The molecule has 0 aromatic carbocycles. The fourth-order valence-electron chi connectivity index (χ4n) is 4.17. The Morgan fingerprint density at radius 2 is 2.11 bits per heavy atom. The Labute approximate surface area is 157 Å². The first-order valence-corrected chi connectivity index (χ1v) is 9.87. The third-order valence-corrected chi connectivity index (χ3v) is 6.15. The van der Waals surface area contributed by atoms with Crippen LogP contribution in [0.25, 0.3) is 11.2 Å². The molecule has 3 N–H and O–H groups in total. The Bertz CT molecular complexity index is 1010. The number of aliphatic hydroxyl groups excluding tert-OH is 1. The predicted octanol–water partition coefficient (Wildman–Crippen LogP) is 2.18. The SMILES string of the molecule is CCCCn1c(=O)c(=N)n(CC(=N)C2(C3CC3)CC2)c2ncc(CO)cc21. The second-order valence-electron chi connectivity index (χ2n) is 8.00. The normalized spacial score (nSPS) is 18.0. The smallest absolute Gasteiger partial charge is 0.293 e. The summed E-state index contributed by atoms with van der Waals surface area (Å²) in [6.07, 6.45) is 7.86. The number of aliphatic hydroxyl groups is 1. The minimum atomic E-state index is -0.350. The van der Waals surface area contributed by atoms with E-state index in [0.29, 0.717) is 34.9 Å². The second-order valence-corrected chi connectivity index (χ2v) is 8.00. The van der Waals surface area contributed by atoms with Gasteiger partial charge in [0.1, 0.15) is 0 Å². The summed E-state index contributed by atoms with van der Waals surface area (Å²) in [4.78, 5) is 17.4. The summed E-state index contributed by atoms with van der Waals surface area (Å²) in [5.41, 5.74) is 2.00. The number of unbranched alkanes of at least 4 members (excludes halogenated alkanes) is 1. The van der Waals surface area contributed by atoms with Crippen LogP contribution in [0.15, 0.2) is 17.1 Å². The summed E-state index contributed by atoms with van der Waals surface area (Å²) in [6, 6.07) is 1.78. The molecule has 0 amide bonds.